The SMILES string of the molecule is CCCC(C)(CO)CC1CCOCC1. The van der Waals surface area contributed by atoms with Gasteiger partial charge in [0.1, 0.15) is 0 Å². The van der Waals surface area contributed by atoms with Crippen molar-refractivity contribution in [2.24, 2.45) is 11.3 Å². The fraction of sp³-hybridized carbons (Fsp3) is 1.00. The van der Waals surface area contributed by atoms with Gasteiger partial charge < -0.3 is 9.84 Å². The van der Waals surface area contributed by atoms with Crippen molar-refractivity contribution in [2.45, 2.75) is 46.0 Å². The highest BCUT2D eigenvalue weighted by atomic mass is 16.5. The Kier molecular flexibility index (Phi) is 4.90. The van der Waals surface area contributed by atoms with Gasteiger partial charge in [0, 0.05) is 19.8 Å². The summed E-state index contributed by atoms with van der Waals surface area (Å²) in [6, 6.07) is 0. The van der Waals surface area contributed by atoms with Crippen LogP contribution in [0.2, 0.25) is 0 Å². The standard InChI is InChI=1S/C12H24O2/c1-3-6-12(2,10-13)9-11-4-7-14-8-5-11/h11,13H,3-10H2,1-2H3. The van der Waals surface area contributed by atoms with Crippen LogP contribution in [0.1, 0.15) is 46.0 Å². The second-order valence-electron chi connectivity index (χ2n) is 4.98. The normalized spacial score (nSPS) is 23.4. The molecule has 1 N–H and O–H groups in total. The molecule has 2 nitrogen and oxygen atoms in total. The summed E-state index contributed by atoms with van der Waals surface area (Å²) in [5.74, 6) is 0.771. The van der Waals surface area contributed by atoms with Crippen molar-refractivity contribution >= 4 is 0 Å². The molecule has 0 saturated carbocycles. The van der Waals surface area contributed by atoms with Crippen LogP contribution in [-0.4, -0.2) is 24.9 Å². The molecule has 1 unspecified atom stereocenters. The van der Waals surface area contributed by atoms with Gasteiger partial charge in [0.2, 0.25) is 0 Å². The molecule has 0 spiro atoms. The van der Waals surface area contributed by atoms with E-state index in [2.05, 4.69) is 13.8 Å². The van der Waals surface area contributed by atoms with Gasteiger partial charge in [0.25, 0.3) is 0 Å². The molecule has 1 fully saturated rings. The molecule has 0 radical (unpaired) electrons. The smallest absolute Gasteiger partial charge is 0.0484 e. The monoisotopic (exact) mass is 200 g/mol. The van der Waals surface area contributed by atoms with Crippen molar-refractivity contribution in [1.82, 2.24) is 0 Å². The van der Waals surface area contributed by atoms with Crippen LogP contribution in [0, 0.1) is 11.3 Å². The predicted molar refractivity (Wildman–Crippen MR) is 58.3 cm³/mol. The topological polar surface area (TPSA) is 29.5 Å². The van der Waals surface area contributed by atoms with Gasteiger partial charge in [-0.15, -0.1) is 0 Å². The van der Waals surface area contributed by atoms with Gasteiger partial charge in [0.15, 0.2) is 0 Å². The molecule has 1 rings (SSSR count). The number of hydrogen-bond acceptors (Lipinski definition) is 2. The summed E-state index contributed by atoms with van der Waals surface area (Å²) in [5, 5.41) is 9.42. The van der Waals surface area contributed by atoms with Crippen LogP contribution in [0.4, 0.5) is 0 Å². The Hall–Kier alpha value is -0.0800. The van der Waals surface area contributed by atoms with Crippen LogP contribution in [0.15, 0.2) is 0 Å². The number of aliphatic hydroxyl groups excluding tert-OH is 1. The zero-order valence-electron chi connectivity index (χ0n) is 9.59. The molecule has 1 saturated heterocycles. The van der Waals surface area contributed by atoms with E-state index < -0.39 is 0 Å². The average Bonchev–Trinajstić information content (AvgIpc) is 2.20. The van der Waals surface area contributed by atoms with Crippen LogP contribution in [0.25, 0.3) is 0 Å². The number of rotatable bonds is 5. The summed E-state index contributed by atoms with van der Waals surface area (Å²) in [7, 11) is 0. The Morgan fingerprint density at radius 2 is 2.00 bits per heavy atom. The molecule has 1 atom stereocenters. The number of aliphatic hydroxyl groups is 1. The van der Waals surface area contributed by atoms with E-state index >= 15 is 0 Å². The maximum absolute atomic E-state index is 9.42. The minimum atomic E-state index is 0.150. The van der Waals surface area contributed by atoms with Crippen molar-refractivity contribution in [3.63, 3.8) is 0 Å². The van der Waals surface area contributed by atoms with Crippen molar-refractivity contribution < 1.29 is 9.84 Å². The molecule has 84 valence electrons. The third-order valence-electron chi connectivity index (χ3n) is 3.36. The Morgan fingerprint density at radius 3 is 2.50 bits per heavy atom. The molecule has 0 aliphatic carbocycles. The zero-order chi connectivity index (χ0) is 10.4. The van der Waals surface area contributed by atoms with Crippen LogP contribution in [0.5, 0.6) is 0 Å². The van der Waals surface area contributed by atoms with Gasteiger partial charge in [-0.25, -0.2) is 0 Å². The Bertz CT molecular complexity index is 152. The summed E-state index contributed by atoms with van der Waals surface area (Å²) >= 11 is 0. The highest BCUT2D eigenvalue weighted by molar-refractivity contribution is 4.78. The van der Waals surface area contributed by atoms with Crippen LogP contribution in [0.3, 0.4) is 0 Å². The lowest BCUT2D eigenvalue weighted by Gasteiger charge is -2.33. The Morgan fingerprint density at radius 1 is 1.36 bits per heavy atom. The van der Waals surface area contributed by atoms with Gasteiger partial charge in [-0.2, -0.15) is 0 Å². The van der Waals surface area contributed by atoms with Crippen molar-refractivity contribution in [2.75, 3.05) is 19.8 Å². The van der Waals surface area contributed by atoms with E-state index in [0.29, 0.717) is 6.61 Å². The molecule has 2 heteroatoms. The van der Waals surface area contributed by atoms with E-state index in [0.717, 1.165) is 25.6 Å². The fourth-order valence-electron chi connectivity index (χ4n) is 2.50. The summed E-state index contributed by atoms with van der Waals surface area (Å²) in [6.45, 7) is 6.57. The summed E-state index contributed by atoms with van der Waals surface area (Å²) in [4.78, 5) is 0. The van der Waals surface area contributed by atoms with Crippen molar-refractivity contribution in [3.8, 4) is 0 Å². The maximum atomic E-state index is 9.42. The van der Waals surface area contributed by atoms with Gasteiger partial charge in [0.05, 0.1) is 0 Å². The summed E-state index contributed by atoms with van der Waals surface area (Å²) in [5.41, 5.74) is 0.150. The predicted octanol–water partition coefficient (Wildman–Crippen LogP) is 2.60. The van der Waals surface area contributed by atoms with Gasteiger partial charge in [-0.1, -0.05) is 20.3 Å². The first kappa shape index (κ1) is 12.0. The van der Waals surface area contributed by atoms with E-state index in [1.165, 1.54) is 25.7 Å². The highest BCUT2D eigenvalue weighted by Gasteiger charge is 2.27. The average molecular weight is 200 g/mol. The quantitative estimate of drug-likeness (QED) is 0.739. The molecular weight excluding hydrogens is 176 g/mol. The molecule has 0 amide bonds. The third-order valence-corrected chi connectivity index (χ3v) is 3.36. The van der Waals surface area contributed by atoms with Crippen molar-refractivity contribution in [1.29, 1.82) is 0 Å². The molecule has 0 bridgehead atoms. The first-order valence-electron chi connectivity index (χ1n) is 5.89. The number of hydrogen-bond donors (Lipinski definition) is 1. The molecule has 1 aliphatic rings. The number of ether oxygens (including phenoxy) is 1. The fourth-order valence-corrected chi connectivity index (χ4v) is 2.50. The molecule has 0 aromatic rings. The summed E-state index contributed by atoms with van der Waals surface area (Å²) < 4.78 is 5.35. The lowest BCUT2D eigenvalue weighted by Crippen LogP contribution is -2.27. The molecule has 1 aliphatic heterocycles. The maximum Gasteiger partial charge on any atom is 0.0484 e. The molecular formula is C12H24O2. The second-order valence-corrected chi connectivity index (χ2v) is 4.98. The molecule has 0 aromatic heterocycles. The molecule has 1 heterocycles. The first-order valence-corrected chi connectivity index (χ1v) is 5.89. The van der Waals surface area contributed by atoms with Gasteiger partial charge >= 0.3 is 0 Å². The minimum Gasteiger partial charge on any atom is -0.396 e. The second kappa shape index (κ2) is 5.72. The highest BCUT2D eigenvalue weighted by Crippen LogP contribution is 2.34. The van der Waals surface area contributed by atoms with Crippen LogP contribution >= 0.6 is 0 Å². The minimum absolute atomic E-state index is 0.150. The van der Waals surface area contributed by atoms with E-state index in [1.54, 1.807) is 0 Å². The van der Waals surface area contributed by atoms with E-state index in [-0.39, 0.29) is 5.41 Å². The zero-order valence-corrected chi connectivity index (χ0v) is 9.59. The first-order chi connectivity index (χ1) is 6.70. The lowest BCUT2D eigenvalue weighted by atomic mass is 9.76. The largest absolute Gasteiger partial charge is 0.396 e. The third kappa shape index (κ3) is 3.58. The molecule has 14 heavy (non-hydrogen) atoms. The Balaban J connectivity index is 2.37. The van der Waals surface area contributed by atoms with Gasteiger partial charge in [-0.05, 0) is 37.0 Å². The van der Waals surface area contributed by atoms with Gasteiger partial charge in [-0.3, -0.25) is 0 Å². The van der Waals surface area contributed by atoms with Crippen LogP contribution in [-0.2, 0) is 4.74 Å². The van der Waals surface area contributed by atoms with Crippen LogP contribution < -0.4 is 0 Å². The Labute approximate surface area is 87.7 Å². The van der Waals surface area contributed by atoms with E-state index in [4.69, 9.17) is 4.74 Å². The lowest BCUT2D eigenvalue weighted by molar-refractivity contribution is 0.0325. The van der Waals surface area contributed by atoms with E-state index in [9.17, 15) is 5.11 Å². The van der Waals surface area contributed by atoms with E-state index in [1.807, 2.05) is 0 Å². The summed E-state index contributed by atoms with van der Waals surface area (Å²) in [6.07, 6.45) is 5.83. The van der Waals surface area contributed by atoms with Crippen molar-refractivity contribution in [3.05, 3.63) is 0 Å². The molecule has 0 aromatic carbocycles.